The smallest absolute Gasteiger partial charge is 0.308 e. The molecular weight excluding hydrogens is 302 g/mol. The van der Waals surface area contributed by atoms with Crippen molar-refractivity contribution in [3.8, 4) is 0 Å². The van der Waals surface area contributed by atoms with E-state index in [-0.39, 0.29) is 11.8 Å². The van der Waals surface area contributed by atoms with Gasteiger partial charge in [0, 0.05) is 26.3 Å². The monoisotopic (exact) mass is 331 g/mol. The zero-order valence-electron chi connectivity index (χ0n) is 14.4. The normalized spacial score (nSPS) is 21.0. The molecule has 0 radical (unpaired) electrons. The maximum absolute atomic E-state index is 11.6. The molecule has 2 aliphatic rings. The van der Waals surface area contributed by atoms with Crippen LogP contribution in [0.2, 0.25) is 0 Å². The summed E-state index contributed by atoms with van der Waals surface area (Å²) in [7, 11) is 0. The van der Waals surface area contributed by atoms with Crippen molar-refractivity contribution in [3.63, 3.8) is 0 Å². The number of rotatable bonds is 7. The van der Waals surface area contributed by atoms with Crippen molar-refractivity contribution in [1.29, 1.82) is 0 Å². The van der Waals surface area contributed by atoms with Gasteiger partial charge in [0.2, 0.25) is 0 Å². The van der Waals surface area contributed by atoms with Crippen LogP contribution in [0.25, 0.3) is 0 Å². The molecule has 0 aromatic heterocycles. The summed E-state index contributed by atoms with van der Waals surface area (Å²) in [6, 6.07) is 8.87. The summed E-state index contributed by atoms with van der Waals surface area (Å²) in [6.07, 6.45) is 7.07. The molecule has 1 aliphatic heterocycles. The first kappa shape index (κ1) is 17.4. The summed E-state index contributed by atoms with van der Waals surface area (Å²) < 4.78 is 5.34. The van der Waals surface area contributed by atoms with E-state index in [1.54, 1.807) is 0 Å². The predicted octanol–water partition coefficient (Wildman–Crippen LogP) is 3.56. The third-order valence-corrected chi connectivity index (χ3v) is 5.65. The predicted molar refractivity (Wildman–Crippen MR) is 94.0 cm³/mol. The number of ether oxygens (including phenoxy) is 1. The van der Waals surface area contributed by atoms with Crippen molar-refractivity contribution in [3.05, 3.63) is 35.4 Å². The first-order valence-electron chi connectivity index (χ1n) is 9.34. The van der Waals surface area contributed by atoms with Gasteiger partial charge in [-0.3, -0.25) is 4.79 Å². The van der Waals surface area contributed by atoms with Gasteiger partial charge in [-0.05, 0) is 48.6 Å². The molecular formula is C20H29NO3. The molecule has 1 aromatic rings. The lowest BCUT2D eigenvalue weighted by atomic mass is 9.86. The second-order valence-corrected chi connectivity index (χ2v) is 7.25. The van der Waals surface area contributed by atoms with Crippen LogP contribution in [-0.2, 0) is 16.1 Å². The number of carbonyl (C=O) groups is 1. The number of hydrogen-bond donors (Lipinski definition) is 2. The average molecular weight is 331 g/mol. The molecule has 132 valence electrons. The maximum Gasteiger partial charge on any atom is 0.308 e. The number of nitrogens with one attached hydrogen (secondary N) is 1. The largest absolute Gasteiger partial charge is 0.481 e. The molecule has 1 saturated carbocycles. The Morgan fingerprint density at radius 3 is 2.42 bits per heavy atom. The first-order chi connectivity index (χ1) is 11.7. The third kappa shape index (κ3) is 4.58. The van der Waals surface area contributed by atoms with Gasteiger partial charge in [0.15, 0.2) is 0 Å². The van der Waals surface area contributed by atoms with Crippen LogP contribution in [0.3, 0.4) is 0 Å². The molecule has 0 amide bonds. The van der Waals surface area contributed by atoms with Crippen molar-refractivity contribution in [2.24, 2.45) is 11.8 Å². The van der Waals surface area contributed by atoms with Gasteiger partial charge < -0.3 is 15.2 Å². The molecule has 1 aliphatic carbocycles. The van der Waals surface area contributed by atoms with Gasteiger partial charge in [-0.1, -0.05) is 37.1 Å². The van der Waals surface area contributed by atoms with Gasteiger partial charge in [-0.2, -0.15) is 0 Å². The number of aliphatic carboxylic acids is 1. The molecule has 2 N–H and O–H groups in total. The lowest BCUT2D eigenvalue weighted by Crippen LogP contribution is -2.36. The van der Waals surface area contributed by atoms with Crippen molar-refractivity contribution >= 4 is 5.97 Å². The number of benzene rings is 1. The third-order valence-electron chi connectivity index (χ3n) is 5.65. The second kappa shape index (κ2) is 8.63. The summed E-state index contributed by atoms with van der Waals surface area (Å²) in [4.78, 5) is 11.6. The van der Waals surface area contributed by atoms with Crippen LogP contribution in [0.15, 0.2) is 24.3 Å². The topological polar surface area (TPSA) is 58.6 Å². The number of carboxylic acid groups (broad SMARTS) is 1. The lowest BCUT2D eigenvalue weighted by molar-refractivity contribution is -0.144. The van der Waals surface area contributed by atoms with E-state index in [0.29, 0.717) is 19.8 Å². The standard InChI is InChI=1S/C20H29NO3/c22-20(23)19(18-9-11-24-12-10-18)14-21-13-15-5-7-17(8-6-15)16-3-1-2-4-16/h5-8,16,18-19,21H,1-4,9-14H2,(H,22,23). The van der Waals surface area contributed by atoms with Crippen LogP contribution in [0, 0.1) is 11.8 Å². The van der Waals surface area contributed by atoms with E-state index in [1.807, 2.05) is 0 Å². The quantitative estimate of drug-likeness (QED) is 0.802. The highest BCUT2D eigenvalue weighted by atomic mass is 16.5. The molecule has 1 aromatic carbocycles. The Morgan fingerprint density at radius 1 is 1.12 bits per heavy atom. The van der Waals surface area contributed by atoms with Crippen molar-refractivity contribution in [2.45, 2.75) is 51.0 Å². The van der Waals surface area contributed by atoms with Crippen molar-refractivity contribution in [1.82, 2.24) is 5.32 Å². The van der Waals surface area contributed by atoms with E-state index in [0.717, 1.165) is 25.3 Å². The van der Waals surface area contributed by atoms with Gasteiger partial charge >= 0.3 is 5.97 Å². The fourth-order valence-electron chi connectivity index (χ4n) is 4.11. The summed E-state index contributed by atoms with van der Waals surface area (Å²) in [6.45, 7) is 2.65. The van der Waals surface area contributed by atoms with Crippen LogP contribution >= 0.6 is 0 Å². The molecule has 4 heteroatoms. The maximum atomic E-state index is 11.6. The SMILES string of the molecule is O=C(O)C(CNCc1ccc(C2CCCC2)cc1)C1CCOCC1. The van der Waals surface area contributed by atoms with E-state index >= 15 is 0 Å². The molecule has 1 heterocycles. The average Bonchev–Trinajstić information content (AvgIpc) is 3.14. The Kier molecular flexibility index (Phi) is 6.27. The Morgan fingerprint density at radius 2 is 1.79 bits per heavy atom. The Hall–Kier alpha value is -1.39. The zero-order chi connectivity index (χ0) is 16.8. The molecule has 3 rings (SSSR count). The Labute approximate surface area is 144 Å². The van der Waals surface area contributed by atoms with Crippen molar-refractivity contribution < 1.29 is 14.6 Å². The highest BCUT2D eigenvalue weighted by Gasteiger charge is 2.29. The van der Waals surface area contributed by atoms with Crippen LogP contribution in [-0.4, -0.2) is 30.8 Å². The van der Waals surface area contributed by atoms with E-state index in [9.17, 15) is 9.90 Å². The molecule has 1 atom stereocenters. The molecule has 0 bridgehead atoms. The summed E-state index contributed by atoms with van der Waals surface area (Å²) in [5, 5.41) is 12.8. The molecule has 0 spiro atoms. The highest BCUT2D eigenvalue weighted by molar-refractivity contribution is 5.70. The first-order valence-corrected chi connectivity index (χ1v) is 9.34. The van der Waals surface area contributed by atoms with Crippen LogP contribution in [0.5, 0.6) is 0 Å². The van der Waals surface area contributed by atoms with Gasteiger partial charge in [-0.25, -0.2) is 0 Å². The number of hydrogen-bond acceptors (Lipinski definition) is 3. The Bertz CT molecular complexity index is 516. The van der Waals surface area contributed by atoms with Crippen LogP contribution in [0.1, 0.15) is 55.6 Å². The molecule has 4 nitrogen and oxygen atoms in total. The van der Waals surface area contributed by atoms with Gasteiger partial charge in [0.05, 0.1) is 5.92 Å². The summed E-state index contributed by atoms with van der Waals surface area (Å²) >= 11 is 0. The van der Waals surface area contributed by atoms with E-state index in [4.69, 9.17) is 4.74 Å². The summed E-state index contributed by atoms with van der Waals surface area (Å²) in [5.41, 5.74) is 2.69. The van der Waals surface area contributed by atoms with E-state index in [2.05, 4.69) is 29.6 Å². The summed E-state index contributed by atoms with van der Waals surface area (Å²) in [5.74, 6) is -0.0249. The van der Waals surface area contributed by atoms with Crippen molar-refractivity contribution in [2.75, 3.05) is 19.8 Å². The van der Waals surface area contributed by atoms with Gasteiger partial charge in [0.1, 0.15) is 0 Å². The molecule has 24 heavy (non-hydrogen) atoms. The van der Waals surface area contributed by atoms with Gasteiger partial charge in [0.25, 0.3) is 0 Å². The molecule has 1 saturated heterocycles. The number of carboxylic acids is 1. The van der Waals surface area contributed by atoms with Crippen LogP contribution in [0.4, 0.5) is 0 Å². The van der Waals surface area contributed by atoms with Gasteiger partial charge in [-0.15, -0.1) is 0 Å². The zero-order valence-corrected chi connectivity index (χ0v) is 14.4. The fourth-order valence-corrected chi connectivity index (χ4v) is 4.11. The highest BCUT2D eigenvalue weighted by Crippen LogP contribution is 2.34. The second-order valence-electron chi connectivity index (χ2n) is 7.25. The minimum absolute atomic E-state index is 0.230. The molecule has 2 fully saturated rings. The minimum atomic E-state index is -0.689. The Balaban J connectivity index is 1.48. The minimum Gasteiger partial charge on any atom is -0.481 e. The molecule has 1 unspecified atom stereocenters. The fraction of sp³-hybridized carbons (Fsp3) is 0.650. The van der Waals surface area contributed by atoms with Crippen LogP contribution < -0.4 is 5.32 Å². The van der Waals surface area contributed by atoms with E-state index < -0.39 is 5.97 Å². The lowest BCUT2D eigenvalue weighted by Gasteiger charge is -2.27. The van der Waals surface area contributed by atoms with E-state index in [1.165, 1.54) is 36.8 Å².